The fourth-order valence-electron chi connectivity index (χ4n) is 3.51. The van der Waals surface area contributed by atoms with Crippen molar-refractivity contribution in [3.63, 3.8) is 0 Å². The predicted molar refractivity (Wildman–Crippen MR) is 74.1 cm³/mol. The third-order valence-corrected chi connectivity index (χ3v) is 4.39. The normalized spacial score (nSPS) is 26.5. The van der Waals surface area contributed by atoms with Gasteiger partial charge in [0.2, 0.25) is 11.8 Å². The lowest BCUT2D eigenvalue weighted by atomic mass is 10.0. The molecule has 22 heavy (non-hydrogen) atoms. The maximum absolute atomic E-state index is 12.1. The second-order valence-electron chi connectivity index (χ2n) is 5.99. The van der Waals surface area contributed by atoms with Crippen molar-refractivity contribution in [2.24, 2.45) is 0 Å². The molecule has 0 aromatic carbocycles. The molecule has 0 aromatic heterocycles. The van der Waals surface area contributed by atoms with Gasteiger partial charge in [-0.05, 0) is 32.2 Å². The Morgan fingerprint density at radius 3 is 2.41 bits per heavy atom. The lowest BCUT2D eigenvalue weighted by Gasteiger charge is -2.34. The molecule has 2 atom stereocenters. The summed E-state index contributed by atoms with van der Waals surface area (Å²) >= 11 is 0. The van der Waals surface area contributed by atoms with Crippen LogP contribution in [0.1, 0.15) is 32.6 Å². The first-order valence-corrected chi connectivity index (χ1v) is 7.62. The van der Waals surface area contributed by atoms with Gasteiger partial charge in [0.25, 0.3) is 0 Å². The lowest BCUT2D eigenvalue weighted by Crippen LogP contribution is -2.50. The minimum Gasteiger partial charge on any atom is -0.346 e. The van der Waals surface area contributed by atoms with Crippen molar-refractivity contribution in [2.45, 2.75) is 50.9 Å². The topological polar surface area (TPSA) is 52.7 Å². The highest BCUT2D eigenvalue weighted by atomic mass is 19.4. The van der Waals surface area contributed by atoms with Gasteiger partial charge in [-0.1, -0.05) is 0 Å². The minimum atomic E-state index is -4.39. The number of nitrogens with one attached hydrogen (secondary N) is 1. The van der Waals surface area contributed by atoms with Crippen molar-refractivity contribution in [1.29, 1.82) is 0 Å². The molecule has 0 spiro atoms. The standard InChI is InChI=1S/C14H22F3N3O2/c1-10(21)20-7-3-5-12(20)11-4-2-6-19(11)8-13(22)18-9-14(15,16)17/h11-12H,2-9H2,1H3,(H,18,22). The molecular formula is C14H22F3N3O2. The fourth-order valence-corrected chi connectivity index (χ4v) is 3.51. The summed E-state index contributed by atoms with van der Waals surface area (Å²) in [6.45, 7) is 1.61. The van der Waals surface area contributed by atoms with Gasteiger partial charge in [0.15, 0.2) is 0 Å². The molecule has 2 amide bonds. The van der Waals surface area contributed by atoms with E-state index >= 15 is 0 Å². The van der Waals surface area contributed by atoms with Crippen LogP contribution in [0.3, 0.4) is 0 Å². The molecule has 2 fully saturated rings. The molecule has 2 saturated heterocycles. The van der Waals surface area contributed by atoms with E-state index in [9.17, 15) is 22.8 Å². The molecule has 0 aliphatic carbocycles. The van der Waals surface area contributed by atoms with Crippen molar-refractivity contribution in [3.8, 4) is 0 Å². The first-order chi connectivity index (χ1) is 10.3. The third-order valence-electron chi connectivity index (χ3n) is 4.39. The number of nitrogens with zero attached hydrogens (tertiary/aromatic N) is 2. The molecule has 126 valence electrons. The Labute approximate surface area is 127 Å². The van der Waals surface area contributed by atoms with Crippen LogP contribution < -0.4 is 5.32 Å². The van der Waals surface area contributed by atoms with E-state index in [0.29, 0.717) is 6.54 Å². The van der Waals surface area contributed by atoms with Crippen LogP contribution in [0, 0.1) is 0 Å². The number of amides is 2. The van der Waals surface area contributed by atoms with Gasteiger partial charge in [-0.25, -0.2) is 0 Å². The Balaban J connectivity index is 1.90. The number of carbonyl (C=O) groups is 2. The average molecular weight is 321 g/mol. The van der Waals surface area contributed by atoms with E-state index < -0.39 is 18.6 Å². The summed E-state index contributed by atoms with van der Waals surface area (Å²) in [6, 6.07) is 0.151. The molecule has 2 heterocycles. The molecule has 2 rings (SSSR count). The highest BCUT2D eigenvalue weighted by molar-refractivity contribution is 5.78. The van der Waals surface area contributed by atoms with Crippen LogP contribution in [0.5, 0.6) is 0 Å². The van der Waals surface area contributed by atoms with Gasteiger partial charge in [-0.2, -0.15) is 13.2 Å². The van der Waals surface area contributed by atoms with E-state index in [4.69, 9.17) is 0 Å². The Bertz CT molecular complexity index is 428. The highest BCUT2D eigenvalue weighted by Gasteiger charge is 2.39. The van der Waals surface area contributed by atoms with Gasteiger partial charge in [-0.3, -0.25) is 14.5 Å². The molecule has 2 aliphatic rings. The van der Waals surface area contributed by atoms with E-state index in [1.807, 2.05) is 15.1 Å². The van der Waals surface area contributed by atoms with Crippen molar-refractivity contribution < 1.29 is 22.8 Å². The number of rotatable bonds is 4. The highest BCUT2D eigenvalue weighted by Crippen LogP contribution is 2.29. The van der Waals surface area contributed by atoms with Crippen molar-refractivity contribution in [1.82, 2.24) is 15.1 Å². The van der Waals surface area contributed by atoms with Gasteiger partial charge in [0.05, 0.1) is 6.54 Å². The monoisotopic (exact) mass is 321 g/mol. The van der Waals surface area contributed by atoms with E-state index in [2.05, 4.69) is 0 Å². The summed E-state index contributed by atoms with van der Waals surface area (Å²) < 4.78 is 36.4. The number of hydrogen-bond donors (Lipinski definition) is 1. The van der Waals surface area contributed by atoms with Crippen molar-refractivity contribution in [3.05, 3.63) is 0 Å². The van der Waals surface area contributed by atoms with Gasteiger partial charge >= 0.3 is 6.18 Å². The summed E-state index contributed by atoms with van der Waals surface area (Å²) in [5, 5.41) is 1.91. The molecule has 8 heteroatoms. The first kappa shape index (κ1) is 17.1. The van der Waals surface area contributed by atoms with Gasteiger partial charge < -0.3 is 10.2 Å². The van der Waals surface area contributed by atoms with Crippen LogP contribution >= 0.6 is 0 Å². The summed E-state index contributed by atoms with van der Waals surface area (Å²) in [6.07, 6.45) is -0.781. The molecule has 0 radical (unpaired) electrons. The summed E-state index contributed by atoms with van der Waals surface area (Å²) in [4.78, 5) is 27.1. The zero-order valence-electron chi connectivity index (χ0n) is 12.7. The molecule has 0 bridgehead atoms. The third kappa shape index (κ3) is 4.34. The quantitative estimate of drug-likeness (QED) is 0.845. The van der Waals surface area contributed by atoms with Crippen LogP contribution in [-0.4, -0.2) is 66.1 Å². The molecular weight excluding hydrogens is 299 g/mol. The molecule has 2 unspecified atom stereocenters. The number of carbonyl (C=O) groups excluding carboxylic acids is 2. The lowest BCUT2D eigenvalue weighted by molar-refractivity contribution is -0.139. The number of halogens is 3. The minimum absolute atomic E-state index is 0.0240. The Hall–Kier alpha value is -1.31. The second-order valence-corrected chi connectivity index (χ2v) is 5.99. The van der Waals surface area contributed by atoms with Gasteiger partial charge in [0.1, 0.15) is 6.54 Å². The number of alkyl halides is 3. The van der Waals surface area contributed by atoms with Crippen LogP contribution in [-0.2, 0) is 9.59 Å². The van der Waals surface area contributed by atoms with E-state index in [1.165, 1.54) is 6.92 Å². The predicted octanol–water partition coefficient (Wildman–Crippen LogP) is 1.14. The molecule has 0 saturated carbocycles. The summed E-state index contributed by atoms with van der Waals surface area (Å²) in [5.41, 5.74) is 0. The maximum Gasteiger partial charge on any atom is 0.405 e. The zero-order valence-corrected chi connectivity index (χ0v) is 12.7. The maximum atomic E-state index is 12.1. The number of likely N-dealkylation sites (tertiary alicyclic amines) is 2. The molecule has 0 aromatic rings. The van der Waals surface area contributed by atoms with Crippen LogP contribution in [0.2, 0.25) is 0 Å². The Morgan fingerprint density at radius 1 is 1.14 bits per heavy atom. The smallest absolute Gasteiger partial charge is 0.346 e. The van der Waals surface area contributed by atoms with Crippen molar-refractivity contribution >= 4 is 11.8 Å². The van der Waals surface area contributed by atoms with Crippen molar-refractivity contribution in [2.75, 3.05) is 26.2 Å². The molecule has 1 N–H and O–H groups in total. The Kier molecular flexibility index (Phi) is 5.31. The average Bonchev–Trinajstić information content (AvgIpc) is 3.03. The van der Waals surface area contributed by atoms with Gasteiger partial charge in [0, 0.05) is 25.6 Å². The second kappa shape index (κ2) is 6.85. The van der Waals surface area contributed by atoms with E-state index in [1.54, 1.807) is 0 Å². The molecule has 5 nitrogen and oxygen atoms in total. The van der Waals surface area contributed by atoms with Crippen LogP contribution in [0.25, 0.3) is 0 Å². The SMILES string of the molecule is CC(=O)N1CCCC1C1CCCN1CC(=O)NCC(F)(F)F. The summed E-state index contributed by atoms with van der Waals surface area (Å²) in [7, 11) is 0. The zero-order chi connectivity index (χ0) is 16.3. The largest absolute Gasteiger partial charge is 0.405 e. The molecule has 2 aliphatic heterocycles. The van der Waals surface area contributed by atoms with E-state index in [-0.39, 0.29) is 24.5 Å². The summed E-state index contributed by atoms with van der Waals surface area (Å²) in [5.74, 6) is -0.590. The van der Waals surface area contributed by atoms with Crippen LogP contribution in [0.4, 0.5) is 13.2 Å². The number of hydrogen-bond acceptors (Lipinski definition) is 3. The fraction of sp³-hybridized carbons (Fsp3) is 0.857. The van der Waals surface area contributed by atoms with Gasteiger partial charge in [-0.15, -0.1) is 0 Å². The Morgan fingerprint density at radius 2 is 1.77 bits per heavy atom. The van der Waals surface area contributed by atoms with E-state index in [0.717, 1.165) is 32.2 Å². The first-order valence-electron chi connectivity index (χ1n) is 7.62. The van der Waals surface area contributed by atoms with Crippen LogP contribution in [0.15, 0.2) is 0 Å².